The van der Waals surface area contributed by atoms with Gasteiger partial charge in [-0.15, -0.1) is 6.58 Å². The molecule has 2 aromatic rings. The number of carbonyl (C=O) groups is 3. The second-order valence-corrected chi connectivity index (χ2v) is 9.61. The molecule has 2 rings (SSSR count). The third kappa shape index (κ3) is 6.60. The van der Waals surface area contributed by atoms with E-state index in [1.165, 1.54) is 14.0 Å². The molecule has 0 aliphatic carbocycles. The minimum Gasteiger partial charge on any atom is -0.467 e. The lowest BCUT2D eigenvalue weighted by Gasteiger charge is -2.25. The molecule has 180 valence electrons. The molecule has 1 aromatic carbocycles. The lowest BCUT2D eigenvalue weighted by molar-refractivity contribution is -0.145. The van der Waals surface area contributed by atoms with Gasteiger partial charge in [-0.25, -0.2) is 9.59 Å². The third-order valence-electron chi connectivity index (χ3n) is 5.31. The third-order valence-corrected chi connectivity index (χ3v) is 5.31. The molecule has 3 N–H and O–H groups in total. The number of carbonyl (C=O) groups excluding carboxylic acids is 3. The molecular weight excluding hydrogens is 422 g/mol. The summed E-state index contributed by atoms with van der Waals surface area (Å²) in [6, 6.07) is 5.90. The fourth-order valence-corrected chi connectivity index (χ4v) is 3.45. The molecule has 2 amide bonds. The highest BCUT2D eigenvalue weighted by Crippen LogP contribution is 2.33. The van der Waals surface area contributed by atoms with Crippen molar-refractivity contribution in [1.29, 1.82) is 0 Å². The zero-order valence-corrected chi connectivity index (χ0v) is 20.5. The number of hydrogen-bond donors (Lipinski definition) is 3. The monoisotopic (exact) mass is 457 g/mol. The van der Waals surface area contributed by atoms with Gasteiger partial charge in [0.05, 0.1) is 7.11 Å². The van der Waals surface area contributed by atoms with Gasteiger partial charge in [-0.3, -0.25) is 4.79 Å². The Hall–Kier alpha value is -3.29. The standard InChI is InChI=1S/C25H35N3O5/c1-9-25(6,7)20-17(16-12-10-11-13-18(16)27-20)14-19(22(30)32-8)28-21(29)15(2)26-23(31)33-24(3,4)5/h9-13,15,19,27H,1,14H2,2-8H3,(H,26,31)(H,28,29)/t15-,19+/m0/s1. The van der Waals surface area contributed by atoms with Gasteiger partial charge in [-0.2, -0.15) is 0 Å². The summed E-state index contributed by atoms with van der Waals surface area (Å²) in [5, 5.41) is 6.15. The minimum atomic E-state index is -0.955. The number of aromatic nitrogens is 1. The predicted octanol–water partition coefficient (Wildman–Crippen LogP) is 3.75. The summed E-state index contributed by atoms with van der Waals surface area (Å²) in [6.07, 6.45) is 1.32. The molecule has 0 aliphatic heterocycles. The van der Waals surface area contributed by atoms with Gasteiger partial charge in [-0.05, 0) is 39.3 Å². The number of hydrogen-bond acceptors (Lipinski definition) is 5. The van der Waals surface area contributed by atoms with Crippen LogP contribution in [0.1, 0.15) is 52.8 Å². The largest absolute Gasteiger partial charge is 0.467 e. The summed E-state index contributed by atoms with van der Waals surface area (Å²) in [5.41, 5.74) is 1.62. The van der Waals surface area contributed by atoms with Crippen molar-refractivity contribution in [1.82, 2.24) is 15.6 Å². The summed E-state index contributed by atoms with van der Waals surface area (Å²) in [6.45, 7) is 14.7. The lowest BCUT2D eigenvalue weighted by atomic mass is 9.85. The average molecular weight is 458 g/mol. The Morgan fingerprint density at radius 2 is 1.76 bits per heavy atom. The molecule has 0 fully saturated rings. The lowest BCUT2D eigenvalue weighted by Crippen LogP contribution is -2.52. The zero-order chi connectivity index (χ0) is 25.0. The second kappa shape index (κ2) is 10.1. The van der Waals surface area contributed by atoms with Crippen molar-refractivity contribution in [3.05, 3.63) is 48.2 Å². The van der Waals surface area contributed by atoms with Crippen molar-refractivity contribution in [2.75, 3.05) is 7.11 Å². The number of methoxy groups -OCH3 is 1. The first-order valence-electron chi connectivity index (χ1n) is 10.9. The van der Waals surface area contributed by atoms with Crippen LogP contribution in [0.2, 0.25) is 0 Å². The molecule has 8 nitrogen and oxygen atoms in total. The van der Waals surface area contributed by atoms with Crippen LogP contribution >= 0.6 is 0 Å². The first-order valence-corrected chi connectivity index (χ1v) is 10.9. The number of fused-ring (bicyclic) bond motifs is 1. The highest BCUT2D eigenvalue weighted by atomic mass is 16.6. The van der Waals surface area contributed by atoms with E-state index in [-0.39, 0.29) is 6.42 Å². The Kier molecular flexibility index (Phi) is 7.95. The van der Waals surface area contributed by atoms with Crippen LogP contribution in [0.5, 0.6) is 0 Å². The minimum absolute atomic E-state index is 0.203. The Morgan fingerprint density at radius 1 is 1.12 bits per heavy atom. The van der Waals surface area contributed by atoms with Crippen molar-refractivity contribution in [2.24, 2.45) is 0 Å². The number of rotatable bonds is 8. The van der Waals surface area contributed by atoms with Crippen LogP contribution in [0.15, 0.2) is 36.9 Å². The first kappa shape index (κ1) is 26.0. The predicted molar refractivity (Wildman–Crippen MR) is 128 cm³/mol. The van der Waals surface area contributed by atoms with Crippen LogP contribution in [-0.2, 0) is 30.9 Å². The molecule has 1 heterocycles. The molecule has 33 heavy (non-hydrogen) atoms. The Labute approximate surface area is 195 Å². The highest BCUT2D eigenvalue weighted by molar-refractivity contribution is 5.91. The molecular formula is C25H35N3O5. The van der Waals surface area contributed by atoms with Gasteiger partial charge in [0, 0.05) is 28.4 Å². The number of H-pyrrole nitrogens is 1. The number of aromatic amines is 1. The molecule has 1 aromatic heterocycles. The van der Waals surface area contributed by atoms with E-state index < -0.39 is 41.1 Å². The van der Waals surface area contributed by atoms with Crippen molar-refractivity contribution < 1.29 is 23.9 Å². The zero-order valence-electron chi connectivity index (χ0n) is 20.5. The molecule has 0 radical (unpaired) electrons. The maximum Gasteiger partial charge on any atom is 0.408 e. The van der Waals surface area contributed by atoms with E-state index in [4.69, 9.17) is 9.47 Å². The van der Waals surface area contributed by atoms with E-state index >= 15 is 0 Å². The number of benzene rings is 1. The van der Waals surface area contributed by atoms with Gasteiger partial charge in [0.25, 0.3) is 0 Å². The summed E-state index contributed by atoms with van der Waals surface area (Å²) in [4.78, 5) is 40.8. The van der Waals surface area contributed by atoms with Crippen LogP contribution in [0, 0.1) is 0 Å². The Morgan fingerprint density at radius 3 is 2.33 bits per heavy atom. The number of allylic oxidation sites excluding steroid dienone is 1. The number of para-hydroxylation sites is 1. The number of amides is 2. The van der Waals surface area contributed by atoms with Crippen LogP contribution in [0.4, 0.5) is 4.79 Å². The van der Waals surface area contributed by atoms with E-state index in [1.54, 1.807) is 20.8 Å². The summed E-state index contributed by atoms with van der Waals surface area (Å²) < 4.78 is 10.2. The van der Waals surface area contributed by atoms with Gasteiger partial charge >= 0.3 is 12.1 Å². The molecule has 8 heteroatoms. The smallest absolute Gasteiger partial charge is 0.408 e. The number of ether oxygens (including phenoxy) is 2. The SMILES string of the molecule is C=CC(C)(C)c1[nH]c2ccccc2c1C[C@@H](NC(=O)[C@H](C)NC(=O)OC(C)(C)C)C(=O)OC. The normalized spacial score (nSPS) is 13.7. The molecule has 0 unspecified atom stereocenters. The Bertz CT molecular complexity index is 1030. The number of nitrogens with one attached hydrogen (secondary N) is 3. The summed E-state index contributed by atoms with van der Waals surface area (Å²) in [5.74, 6) is -1.11. The molecule has 0 saturated carbocycles. The molecule has 0 bridgehead atoms. The van der Waals surface area contributed by atoms with Crippen LogP contribution in [0.25, 0.3) is 10.9 Å². The Balaban J connectivity index is 2.30. The second-order valence-electron chi connectivity index (χ2n) is 9.61. The number of esters is 1. The van der Waals surface area contributed by atoms with Crippen LogP contribution < -0.4 is 10.6 Å². The quantitative estimate of drug-likeness (QED) is 0.413. The maximum atomic E-state index is 12.8. The van der Waals surface area contributed by atoms with Crippen molar-refractivity contribution in [3.8, 4) is 0 Å². The molecule has 0 saturated heterocycles. The fraction of sp³-hybridized carbons (Fsp3) is 0.480. The molecule has 2 atom stereocenters. The maximum absolute atomic E-state index is 12.8. The van der Waals surface area contributed by atoms with Crippen LogP contribution in [0.3, 0.4) is 0 Å². The van der Waals surface area contributed by atoms with E-state index in [0.717, 1.165) is 22.2 Å². The number of alkyl carbamates (subject to hydrolysis) is 1. The van der Waals surface area contributed by atoms with Gasteiger partial charge < -0.3 is 25.1 Å². The highest BCUT2D eigenvalue weighted by Gasteiger charge is 2.31. The summed E-state index contributed by atoms with van der Waals surface area (Å²) in [7, 11) is 1.27. The summed E-state index contributed by atoms with van der Waals surface area (Å²) >= 11 is 0. The molecule has 0 aliphatic rings. The van der Waals surface area contributed by atoms with E-state index in [0.29, 0.717) is 0 Å². The van der Waals surface area contributed by atoms with E-state index in [1.807, 2.05) is 44.2 Å². The van der Waals surface area contributed by atoms with E-state index in [2.05, 4.69) is 22.2 Å². The molecule has 0 spiro atoms. The van der Waals surface area contributed by atoms with Gasteiger partial charge in [0.1, 0.15) is 17.7 Å². The average Bonchev–Trinajstić information content (AvgIpc) is 3.10. The fourth-order valence-electron chi connectivity index (χ4n) is 3.45. The van der Waals surface area contributed by atoms with Gasteiger partial charge in [0.15, 0.2) is 0 Å². The van der Waals surface area contributed by atoms with Gasteiger partial charge in [0.2, 0.25) is 5.91 Å². The van der Waals surface area contributed by atoms with Crippen molar-refractivity contribution in [3.63, 3.8) is 0 Å². The van der Waals surface area contributed by atoms with Crippen LogP contribution in [-0.4, -0.2) is 47.7 Å². The first-order chi connectivity index (χ1) is 15.3. The topological polar surface area (TPSA) is 110 Å². The van der Waals surface area contributed by atoms with Crippen molar-refractivity contribution in [2.45, 2.75) is 71.1 Å². The van der Waals surface area contributed by atoms with Crippen molar-refractivity contribution >= 4 is 28.9 Å². The van der Waals surface area contributed by atoms with Gasteiger partial charge in [-0.1, -0.05) is 38.1 Å². The van der Waals surface area contributed by atoms with E-state index in [9.17, 15) is 14.4 Å².